The van der Waals surface area contributed by atoms with Crippen LogP contribution >= 0.6 is 15.9 Å². The number of imidazole rings is 1. The van der Waals surface area contributed by atoms with E-state index in [4.69, 9.17) is 5.73 Å². The standard InChI is InChI=1S/C12H13BrFN3/c1-17-10(6-7-15)16-12(13)11(17)8-4-2-3-5-9(8)14/h2-5H,6-7,15H2,1H3. The van der Waals surface area contributed by atoms with Crippen LogP contribution in [0.4, 0.5) is 4.39 Å². The number of hydrogen-bond donors (Lipinski definition) is 1. The van der Waals surface area contributed by atoms with Gasteiger partial charge in [-0.25, -0.2) is 9.37 Å². The van der Waals surface area contributed by atoms with E-state index in [1.165, 1.54) is 6.07 Å². The van der Waals surface area contributed by atoms with E-state index in [1.807, 2.05) is 11.6 Å². The van der Waals surface area contributed by atoms with Crippen molar-refractivity contribution in [2.45, 2.75) is 6.42 Å². The molecular weight excluding hydrogens is 285 g/mol. The summed E-state index contributed by atoms with van der Waals surface area (Å²) < 4.78 is 16.3. The molecule has 0 unspecified atom stereocenters. The maximum atomic E-state index is 13.7. The van der Waals surface area contributed by atoms with Gasteiger partial charge >= 0.3 is 0 Å². The topological polar surface area (TPSA) is 43.8 Å². The summed E-state index contributed by atoms with van der Waals surface area (Å²) in [6.07, 6.45) is 0.670. The highest BCUT2D eigenvalue weighted by molar-refractivity contribution is 9.10. The van der Waals surface area contributed by atoms with Crippen LogP contribution < -0.4 is 5.73 Å². The van der Waals surface area contributed by atoms with Crippen LogP contribution in [0.3, 0.4) is 0 Å². The van der Waals surface area contributed by atoms with Crippen LogP contribution in [-0.4, -0.2) is 16.1 Å². The average Bonchev–Trinajstić information content (AvgIpc) is 2.57. The molecule has 0 aliphatic heterocycles. The molecule has 0 radical (unpaired) electrons. The first-order valence-corrected chi connectivity index (χ1v) is 6.10. The first kappa shape index (κ1) is 12.3. The minimum Gasteiger partial charge on any atom is -0.330 e. The highest BCUT2D eigenvalue weighted by Crippen LogP contribution is 2.30. The summed E-state index contributed by atoms with van der Waals surface area (Å²) in [5, 5.41) is 0. The third-order valence-corrected chi connectivity index (χ3v) is 3.20. The van der Waals surface area contributed by atoms with Gasteiger partial charge in [0.2, 0.25) is 0 Å². The highest BCUT2D eigenvalue weighted by atomic mass is 79.9. The van der Waals surface area contributed by atoms with Crippen molar-refractivity contribution >= 4 is 15.9 Å². The molecular formula is C12H13BrFN3. The molecule has 1 aromatic carbocycles. The summed E-state index contributed by atoms with van der Waals surface area (Å²) in [5.41, 5.74) is 6.80. The van der Waals surface area contributed by atoms with Gasteiger partial charge < -0.3 is 10.3 Å². The predicted molar refractivity (Wildman–Crippen MR) is 69.1 cm³/mol. The summed E-state index contributed by atoms with van der Waals surface area (Å²) in [6, 6.07) is 6.66. The normalized spacial score (nSPS) is 10.8. The highest BCUT2D eigenvalue weighted by Gasteiger charge is 2.16. The van der Waals surface area contributed by atoms with E-state index in [2.05, 4.69) is 20.9 Å². The predicted octanol–water partition coefficient (Wildman–Crippen LogP) is 2.49. The van der Waals surface area contributed by atoms with Crippen LogP contribution in [0, 0.1) is 5.82 Å². The van der Waals surface area contributed by atoms with Gasteiger partial charge in [-0.2, -0.15) is 0 Å². The minimum atomic E-state index is -0.254. The zero-order chi connectivity index (χ0) is 12.4. The van der Waals surface area contributed by atoms with E-state index in [1.54, 1.807) is 18.2 Å². The number of nitrogens with two attached hydrogens (primary N) is 1. The smallest absolute Gasteiger partial charge is 0.132 e. The lowest BCUT2D eigenvalue weighted by Crippen LogP contribution is -2.08. The molecule has 0 saturated heterocycles. The lowest BCUT2D eigenvalue weighted by molar-refractivity contribution is 0.629. The van der Waals surface area contributed by atoms with Gasteiger partial charge in [0.25, 0.3) is 0 Å². The molecule has 2 N–H and O–H groups in total. The summed E-state index contributed by atoms with van der Waals surface area (Å²) in [4.78, 5) is 4.35. The molecule has 90 valence electrons. The molecule has 0 spiro atoms. The fourth-order valence-corrected chi connectivity index (χ4v) is 2.49. The van der Waals surface area contributed by atoms with Crippen molar-refractivity contribution in [1.29, 1.82) is 0 Å². The van der Waals surface area contributed by atoms with Gasteiger partial charge in [-0.3, -0.25) is 0 Å². The zero-order valence-electron chi connectivity index (χ0n) is 9.45. The lowest BCUT2D eigenvalue weighted by Gasteiger charge is -2.06. The number of halogens is 2. The van der Waals surface area contributed by atoms with Gasteiger partial charge in [0.05, 0.1) is 5.69 Å². The lowest BCUT2D eigenvalue weighted by atomic mass is 10.1. The van der Waals surface area contributed by atoms with Crippen LogP contribution in [0.25, 0.3) is 11.3 Å². The van der Waals surface area contributed by atoms with Crippen LogP contribution in [0.2, 0.25) is 0 Å². The van der Waals surface area contributed by atoms with E-state index < -0.39 is 0 Å². The van der Waals surface area contributed by atoms with Crippen molar-refractivity contribution in [1.82, 2.24) is 9.55 Å². The quantitative estimate of drug-likeness (QED) is 0.946. The van der Waals surface area contributed by atoms with Crippen LogP contribution in [-0.2, 0) is 13.5 Å². The second-order valence-electron chi connectivity index (χ2n) is 3.74. The maximum Gasteiger partial charge on any atom is 0.132 e. The average molecular weight is 298 g/mol. The third-order valence-electron chi connectivity index (χ3n) is 2.64. The first-order valence-electron chi connectivity index (χ1n) is 5.31. The molecule has 0 atom stereocenters. The molecule has 0 fully saturated rings. The molecule has 2 aromatic rings. The maximum absolute atomic E-state index is 13.7. The zero-order valence-corrected chi connectivity index (χ0v) is 11.0. The van der Waals surface area contributed by atoms with Crippen molar-refractivity contribution in [3.8, 4) is 11.3 Å². The molecule has 1 heterocycles. The van der Waals surface area contributed by atoms with Crippen molar-refractivity contribution < 1.29 is 4.39 Å². The van der Waals surface area contributed by atoms with E-state index in [-0.39, 0.29) is 5.82 Å². The monoisotopic (exact) mass is 297 g/mol. The van der Waals surface area contributed by atoms with Gasteiger partial charge in [0.15, 0.2) is 0 Å². The van der Waals surface area contributed by atoms with E-state index >= 15 is 0 Å². The Morgan fingerprint density at radius 2 is 2.12 bits per heavy atom. The number of hydrogen-bond acceptors (Lipinski definition) is 2. The Bertz CT molecular complexity index is 537. The Morgan fingerprint density at radius 3 is 2.76 bits per heavy atom. The van der Waals surface area contributed by atoms with Gasteiger partial charge in [0, 0.05) is 19.0 Å². The molecule has 0 bridgehead atoms. The Labute approximate surface area is 108 Å². The number of rotatable bonds is 3. The fourth-order valence-electron chi connectivity index (χ4n) is 1.81. The van der Waals surface area contributed by atoms with Crippen molar-refractivity contribution in [3.05, 3.63) is 40.5 Å². The fraction of sp³-hybridized carbons (Fsp3) is 0.250. The second-order valence-corrected chi connectivity index (χ2v) is 4.50. The number of nitrogens with zero attached hydrogens (tertiary/aromatic N) is 2. The SMILES string of the molecule is Cn1c(CCN)nc(Br)c1-c1ccccc1F. The van der Waals surface area contributed by atoms with Crippen LogP contribution in [0.1, 0.15) is 5.82 Å². The van der Waals surface area contributed by atoms with E-state index in [9.17, 15) is 4.39 Å². The van der Waals surface area contributed by atoms with Crippen LogP contribution in [0.15, 0.2) is 28.9 Å². The summed E-state index contributed by atoms with van der Waals surface area (Å²) in [5.74, 6) is 0.591. The molecule has 0 saturated carbocycles. The Morgan fingerprint density at radius 1 is 1.41 bits per heavy atom. The van der Waals surface area contributed by atoms with Gasteiger partial charge in [0.1, 0.15) is 16.2 Å². The third kappa shape index (κ3) is 2.25. The Hall–Kier alpha value is -1.20. The Kier molecular flexibility index (Phi) is 3.59. The largest absolute Gasteiger partial charge is 0.330 e. The molecule has 17 heavy (non-hydrogen) atoms. The Balaban J connectivity index is 2.56. The number of aromatic nitrogens is 2. The number of benzene rings is 1. The van der Waals surface area contributed by atoms with Gasteiger partial charge in [-0.05, 0) is 34.6 Å². The minimum absolute atomic E-state index is 0.254. The molecule has 1 aromatic heterocycles. The molecule has 0 aliphatic carbocycles. The first-order chi connectivity index (χ1) is 8.15. The summed E-state index contributed by atoms with van der Waals surface area (Å²) in [6.45, 7) is 0.522. The van der Waals surface area contributed by atoms with E-state index in [0.29, 0.717) is 23.1 Å². The second kappa shape index (κ2) is 4.98. The summed E-state index contributed by atoms with van der Waals surface area (Å²) in [7, 11) is 1.87. The molecule has 3 nitrogen and oxygen atoms in total. The molecule has 0 amide bonds. The molecule has 5 heteroatoms. The van der Waals surface area contributed by atoms with Gasteiger partial charge in [-0.15, -0.1) is 0 Å². The molecule has 0 aliphatic rings. The molecule has 2 rings (SSSR count). The van der Waals surface area contributed by atoms with Crippen LogP contribution in [0.5, 0.6) is 0 Å². The van der Waals surface area contributed by atoms with Crippen molar-refractivity contribution in [2.75, 3.05) is 6.54 Å². The summed E-state index contributed by atoms with van der Waals surface area (Å²) >= 11 is 3.37. The van der Waals surface area contributed by atoms with Crippen molar-refractivity contribution in [2.24, 2.45) is 12.8 Å². The van der Waals surface area contributed by atoms with Crippen molar-refractivity contribution in [3.63, 3.8) is 0 Å². The van der Waals surface area contributed by atoms with E-state index in [0.717, 1.165) is 11.5 Å². The van der Waals surface area contributed by atoms with Gasteiger partial charge in [-0.1, -0.05) is 12.1 Å².